The van der Waals surface area contributed by atoms with E-state index in [0.29, 0.717) is 18.0 Å². The fourth-order valence-electron chi connectivity index (χ4n) is 3.30. The number of rotatable bonds is 5. The number of nitrogens with one attached hydrogen (secondary N) is 1. The molecule has 1 N–H and O–H groups in total. The predicted molar refractivity (Wildman–Crippen MR) is 102 cm³/mol. The second kappa shape index (κ2) is 6.79. The Balaban J connectivity index is 1.85. The van der Waals surface area contributed by atoms with Crippen molar-refractivity contribution >= 4 is 16.9 Å². The molecular weight excluding hydrogens is 312 g/mol. The van der Waals surface area contributed by atoms with E-state index in [-0.39, 0.29) is 11.4 Å². The zero-order valence-electron chi connectivity index (χ0n) is 16.1. The Morgan fingerprint density at radius 3 is 2.76 bits per heavy atom. The maximum Gasteiger partial charge on any atom is 0.251 e. The van der Waals surface area contributed by atoms with Gasteiger partial charge in [-0.25, -0.2) is 4.98 Å². The van der Waals surface area contributed by atoms with Gasteiger partial charge < -0.3 is 9.88 Å². The lowest BCUT2D eigenvalue weighted by Crippen LogP contribution is -2.47. The van der Waals surface area contributed by atoms with E-state index in [1.54, 1.807) is 0 Å². The molecule has 2 heterocycles. The van der Waals surface area contributed by atoms with Crippen LogP contribution in [0.4, 0.5) is 0 Å². The van der Waals surface area contributed by atoms with Crippen LogP contribution in [-0.4, -0.2) is 39.0 Å². The molecule has 1 aliphatic rings. The van der Waals surface area contributed by atoms with Crippen LogP contribution in [0.25, 0.3) is 11.0 Å². The molecule has 1 aliphatic heterocycles. The van der Waals surface area contributed by atoms with Gasteiger partial charge in [-0.1, -0.05) is 20.8 Å². The molecule has 136 valence electrons. The summed E-state index contributed by atoms with van der Waals surface area (Å²) in [6.07, 6.45) is 1.12. The summed E-state index contributed by atoms with van der Waals surface area (Å²) in [7, 11) is 0. The zero-order valence-corrected chi connectivity index (χ0v) is 16.1. The topological polar surface area (TPSA) is 50.2 Å². The number of aromatic nitrogens is 2. The Morgan fingerprint density at radius 1 is 1.32 bits per heavy atom. The van der Waals surface area contributed by atoms with Crippen LogP contribution in [0.5, 0.6) is 0 Å². The fourth-order valence-corrected chi connectivity index (χ4v) is 3.30. The molecule has 0 saturated heterocycles. The quantitative estimate of drug-likeness (QED) is 0.906. The van der Waals surface area contributed by atoms with Crippen LogP contribution >= 0.6 is 0 Å². The Labute approximate surface area is 150 Å². The molecule has 0 radical (unpaired) electrons. The van der Waals surface area contributed by atoms with Crippen LogP contribution in [0.2, 0.25) is 0 Å². The molecule has 3 rings (SSSR count). The largest absolute Gasteiger partial charge is 0.352 e. The molecule has 0 fully saturated rings. The van der Waals surface area contributed by atoms with Gasteiger partial charge in [0.15, 0.2) is 0 Å². The number of fused-ring (bicyclic) bond motifs is 3. The normalized spacial score (nSPS) is 15.6. The molecule has 2 aromatic rings. The van der Waals surface area contributed by atoms with Gasteiger partial charge in [0.25, 0.3) is 5.91 Å². The van der Waals surface area contributed by atoms with E-state index in [1.807, 2.05) is 18.2 Å². The molecule has 5 nitrogen and oxygen atoms in total. The lowest BCUT2D eigenvalue weighted by atomic mass is 9.98. The molecule has 0 saturated carbocycles. The van der Waals surface area contributed by atoms with E-state index in [0.717, 1.165) is 42.9 Å². The molecule has 0 atom stereocenters. The van der Waals surface area contributed by atoms with Crippen molar-refractivity contribution in [3.63, 3.8) is 0 Å². The average Bonchev–Trinajstić information content (AvgIpc) is 2.96. The number of benzene rings is 1. The van der Waals surface area contributed by atoms with E-state index >= 15 is 0 Å². The zero-order chi connectivity index (χ0) is 18.2. The summed E-state index contributed by atoms with van der Waals surface area (Å²) in [6, 6.07) is 5.87. The van der Waals surface area contributed by atoms with Crippen molar-refractivity contribution in [3.8, 4) is 0 Å². The maximum absolute atomic E-state index is 12.3. The highest BCUT2D eigenvalue weighted by atomic mass is 16.1. The Bertz CT molecular complexity index is 775. The van der Waals surface area contributed by atoms with Crippen molar-refractivity contribution < 1.29 is 4.79 Å². The minimum absolute atomic E-state index is 0.0182. The molecule has 1 amide bonds. The monoisotopic (exact) mass is 342 g/mol. The molecule has 5 heteroatoms. The highest BCUT2D eigenvalue weighted by Crippen LogP contribution is 2.27. The van der Waals surface area contributed by atoms with E-state index in [4.69, 9.17) is 4.98 Å². The molecule has 0 bridgehead atoms. The van der Waals surface area contributed by atoms with Crippen molar-refractivity contribution in [2.75, 3.05) is 13.1 Å². The third-order valence-corrected chi connectivity index (χ3v) is 5.41. The van der Waals surface area contributed by atoms with Gasteiger partial charge in [-0.3, -0.25) is 9.69 Å². The smallest absolute Gasteiger partial charge is 0.251 e. The second-order valence-electron chi connectivity index (χ2n) is 8.07. The Morgan fingerprint density at radius 2 is 2.08 bits per heavy atom. The summed E-state index contributed by atoms with van der Waals surface area (Å²) in [5.74, 6) is 1.53. The van der Waals surface area contributed by atoms with Crippen LogP contribution in [0.3, 0.4) is 0 Å². The molecule has 0 spiro atoms. The van der Waals surface area contributed by atoms with Crippen LogP contribution in [-0.2, 0) is 13.1 Å². The standard InChI is InChI=1S/C20H30N4O/c1-6-20(4,5)23-9-10-24-17-8-7-15(19(25)21-12-14(2)3)11-16(17)22-18(24)13-23/h7-8,11,14H,6,9-10,12-13H2,1-5H3,(H,21,25). The minimum Gasteiger partial charge on any atom is -0.352 e. The van der Waals surface area contributed by atoms with E-state index < -0.39 is 0 Å². The molecule has 0 aliphatic carbocycles. The molecule has 25 heavy (non-hydrogen) atoms. The van der Waals surface area contributed by atoms with Crippen LogP contribution in [0, 0.1) is 5.92 Å². The lowest BCUT2D eigenvalue weighted by molar-refractivity contribution is 0.0832. The first-order chi connectivity index (χ1) is 11.8. The summed E-state index contributed by atoms with van der Waals surface area (Å²) in [6.45, 7) is 14.6. The first kappa shape index (κ1) is 17.9. The van der Waals surface area contributed by atoms with Gasteiger partial charge >= 0.3 is 0 Å². The van der Waals surface area contributed by atoms with Crippen molar-refractivity contribution in [3.05, 3.63) is 29.6 Å². The van der Waals surface area contributed by atoms with Gasteiger partial charge in [0, 0.05) is 30.7 Å². The number of carbonyl (C=O) groups excluding carboxylic acids is 1. The third-order valence-electron chi connectivity index (χ3n) is 5.41. The molecule has 1 aromatic carbocycles. The maximum atomic E-state index is 12.3. The first-order valence-corrected chi connectivity index (χ1v) is 9.34. The van der Waals surface area contributed by atoms with Crippen molar-refractivity contribution in [2.45, 2.75) is 59.7 Å². The fraction of sp³-hybridized carbons (Fsp3) is 0.600. The first-order valence-electron chi connectivity index (χ1n) is 9.34. The van der Waals surface area contributed by atoms with Crippen molar-refractivity contribution in [1.29, 1.82) is 0 Å². The Hall–Kier alpha value is -1.88. The summed E-state index contributed by atoms with van der Waals surface area (Å²) >= 11 is 0. The van der Waals surface area contributed by atoms with Crippen LogP contribution in [0.15, 0.2) is 18.2 Å². The number of carbonyl (C=O) groups is 1. The van der Waals surface area contributed by atoms with Gasteiger partial charge in [0.2, 0.25) is 0 Å². The second-order valence-corrected chi connectivity index (χ2v) is 8.07. The predicted octanol–water partition coefficient (Wildman–Crippen LogP) is 3.43. The highest BCUT2D eigenvalue weighted by molar-refractivity contribution is 5.97. The van der Waals surface area contributed by atoms with Crippen LogP contribution < -0.4 is 5.32 Å². The number of amides is 1. The van der Waals surface area contributed by atoms with Crippen molar-refractivity contribution in [1.82, 2.24) is 19.8 Å². The van der Waals surface area contributed by atoms with E-state index in [1.165, 1.54) is 0 Å². The number of nitrogens with zero attached hydrogens (tertiary/aromatic N) is 3. The van der Waals surface area contributed by atoms with Gasteiger partial charge in [0.1, 0.15) is 5.82 Å². The highest BCUT2D eigenvalue weighted by Gasteiger charge is 2.29. The van der Waals surface area contributed by atoms with Gasteiger partial charge in [0.05, 0.1) is 17.6 Å². The van der Waals surface area contributed by atoms with E-state index in [9.17, 15) is 4.79 Å². The summed E-state index contributed by atoms with van der Waals surface area (Å²) < 4.78 is 2.30. The summed E-state index contributed by atoms with van der Waals surface area (Å²) in [5, 5.41) is 2.98. The number of hydrogen-bond acceptors (Lipinski definition) is 3. The Kier molecular flexibility index (Phi) is 4.87. The minimum atomic E-state index is -0.0182. The summed E-state index contributed by atoms with van der Waals surface area (Å²) in [4.78, 5) is 19.6. The van der Waals surface area contributed by atoms with Gasteiger partial charge in [-0.15, -0.1) is 0 Å². The third kappa shape index (κ3) is 3.56. The van der Waals surface area contributed by atoms with E-state index in [2.05, 4.69) is 49.4 Å². The number of imidazole rings is 1. The van der Waals surface area contributed by atoms with Gasteiger partial charge in [-0.2, -0.15) is 0 Å². The molecule has 0 unspecified atom stereocenters. The lowest BCUT2D eigenvalue weighted by Gasteiger charge is -2.40. The summed E-state index contributed by atoms with van der Waals surface area (Å²) in [5.41, 5.74) is 2.92. The van der Waals surface area contributed by atoms with Crippen molar-refractivity contribution in [2.24, 2.45) is 5.92 Å². The SMILES string of the molecule is CCC(C)(C)N1CCn2c(nc3cc(C(=O)NCC(C)C)ccc32)C1. The number of hydrogen-bond donors (Lipinski definition) is 1. The van der Waals surface area contributed by atoms with Gasteiger partial charge in [-0.05, 0) is 44.4 Å². The molecular formula is C20H30N4O. The van der Waals surface area contributed by atoms with Crippen LogP contribution in [0.1, 0.15) is 57.2 Å². The average molecular weight is 342 g/mol. The molecule has 1 aromatic heterocycles.